The number of hydrogen-bond acceptors (Lipinski definition) is 3. The van der Waals surface area contributed by atoms with Crippen LogP contribution in [-0.2, 0) is 4.74 Å². The number of amides is 1. The topological polar surface area (TPSA) is 49.8 Å². The summed E-state index contributed by atoms with van der Waals surface area (Å²) in [7, 11) is 0. The van der Waals surface area contributed by atoms with Crippen molar-refractivity contribution in [1.82, 2.24) is 4.90 Å². The van der Waals surface area contributed by atoms with E-state index in [1.54, 1.807) is 17.0 Å². The van der Waals surface area contributed by atoms with Crippen molar-refractivity contribution in [2.75, 3.05) is 19.7 Å². The summed E-state index contributed by atoms with van der Waals surface area (Å²) >= 11 is 6.78. The van der Waals surface area contributed by atoms with Crippen LogP contribution in [0.4, 0.5) is 0 Å². The van der Waals surface area contributed by atoms with Crippen molar-refractivity contribution in [1.29, 1.82) is 0 Å². The summed E-state index contributed by atoms with van der Waals surface area (Å²) in [5.41, 5.74) is 0.158. The molecule has 20 heavy (non-hydrogen) atoms. The van der Waals surface area contributed by atoms with Gasteiger partial charge in [-0.3, -0.25) is 4.79 Å². The van der Waals surface area contributed by atoms with Crippen LogP contribution in [0, 0.1) is 0 Å². The number of nitrogens with zero attached hydrogens (tertiary/aromatic N) is 1. The maximum absolute atomic E-state index is 12.6. The van der Waals surface area contributed by atoms with Gasteiger partial charge in [0.15, 0.2) is 0 Å². The predicted octanol–water partition coefficient (Wildman–Crippen LogP) is 2.82. The van der Waals surface area contributed by atoms with E-state index in [0.717, 1.165) is 8.95 Å². The zero-order valence-electron chi connectivity index (χ0n) is 11.4. The normalized spacial score (nSPS) is 21.9. The van der Waals surface area contributed by atoms with Crippen LogP contribution in [0.25, 0.3) is 0 Å². The highest BCUT2D eigenvalue weighted by atomic mass is 79.9. The van der Waals surface area contributed by atoms with Gasteiger partial charge in [0.2, 0.25) is 0 Å². The molecule has 0 bridgehead atoms. The van der Waals surface area contributed by atoms with Crippen LogP contribution >= 0.6 is 31.9 Å². The maximum Gasteiger partial charge on any atom is 0.254 e. The number of aliphatic hydroxyl groups is 1. The van der Waals surface area contributed by atoms with Crippen LogP contribution < -0.4 is 0 Å². The Balaban J connectivity index is 2.23. The number of hydrogen-bond donors (Lipinski definition) is 1. The molecule has 2 rings (SSSR count). The molecule has 4 nitrogen and oxygen atoms in total. The van der Waals surface area contributed by atoms with E-state index in [2.05, 4.69) is 31.9 Å². The van der Waals surface area contributed by atoms with Gasteiger partial charge in [-0.2, -0.15) is 0 Å². The number of morpholine rings is 1. The molecule has 0 saturated carbocycles. The summed E-state index contributed by atoms with van der Waals surface area (Å²) in [6.45, 7) is 4.67. The van der Waals surface area contributed by atoms with Crippen molar-refractivity contribution in [3.63, 3.8) is 0 Å². The molecular weight excluding hydrogens is 390 g/mol. The first-order valence-corrected chi connectivity index (χ1v) is 7.93. The van der Waals surface area contributed by atoms with E-state index in [1.165, 1.54) is 0 Å². The van der Waals surface area contributed by atoms with Crippen molar-refractivity contribution in [3.05, 3.63) is 32.7 Å². The summed E-state index contributed by atoms with van der Waals surface area (Å²) in [5, 5.41) is 9.30. The molecule has 0 aromatic heterocycles. The number of rotatable bonds is 2. The minimum absolute atomic E-state index is 0.0539. The van der Waals surface area contributed by atoms with Crippen LogP contribution in [0.5, 0.6) is 0 Å². The molecule has 6 heteroatoms. The van der Waals surface area contributed by atoms with Crippen molar-refractivity contribution in [2.45, 2.75) is 25.6 Å². The van der Waals surface area contributed by atoms with Gasteiger partial charge in [-0.15, -0.1) is 0 Å². The van der Waals surface area contributed by atoms with Gasteiger partial charge < -0.3 is 14.7 Å². The monoisotopic (exact) mass is 405 g/mol. The fraction of sp³-hybridized carbons (Fsp3) is 0.500. The van der Waals surface area contributed by atoms with Crippen molar-refractivity contribution >= 4 is 37.8 Å². The lowest BCUT2D eigenvalue weighted by atomic mass is 10.0. The Morgan fingerprint density at radius 3 is 2.55 bits per heavy atom. The number of halogens is 2. The molecule has 1 amide bonds. The first-order chi connectivity index (χ1) is 9.30. The quantitative estimate of drug-likeness (QED) is 0.821. The third-order valence-electron chi connectivity index (χ3n) is 3.08. The molecule has 110 valence electrons. The van der Waals surface area contributed by atoms with E-state index in [9.17, 15) is 9.90 Å². The lowest BCUT2D eigenvalue weighted by Crippen LogP contribution is -2.55. The largest absolute Gasteiger partial charge is 0.394 e. The van der Waals surface area contributed by atoms with Crippen LogP contribution in [0.2, 0.25) is 0 Å². The number of carbonyl (C=O) groups is 1. The molecule has 1 unspecified atom stereocenters. The van der Waals surface area contributed by atoms with Crippen LogP contribution in [0.3, 0.4) is 0 Å². The van der Waals surface area contributed by atoms with Crippen LogP contribution in [-0.4, -0.2) is 47.3 Å². The van der Waals surface area contributed by atoms with Gasteiger partial charge in [0.25, 0.3) is 5.91 Å². The van der Waals surface area contributed by atoms with Crippen molar-refractivity contribution in [2.24, 2.45) is 0 Å². The molecule has 0 aliphatic carbocycles. The standard InChI is InChI=1S/C14H17Br2NO3/c1-14(2)8-17(6-12(7-18)20-14)13(19)9-3-10(15)5-11(16)4-9/h3-5,12,18H,6-8H2,1-2H3. The van der Waals surface area contributed by atoms with E-state index in [1.807, 2.05) is 19.9 Å². The molecule has 0 spiro atoms. The van der Waals surface area contributed by atoms with Gasteiger partial charge in [0.05, 0.1) is 18.3 Å². The number of carbonyl (C=O) groups excluding carboxylic acids is 1. The van der Waals surface area contributed by atoms with E-state index < -0.39 is 5.60 Å². The first kappa shape index (κ1) is 15.9. The molecule has 1 fully saturated rings. The highest BCUT2D eigenvalue weighted by Gasteiger charge is 2.35. The summed E-state index contributed by atoms with van der Waals surface area (Å²) in [4.78, 5) is 14.3. The average Bonchev–Trinajstić information content (AvgIpc) is 2.34. The van der Waals surface area contributed by atoms with E-state index in [-0.39, 0.29) is 18.6 Å². The highest BCUT2D eigenvalue weighted by molar-refractivity contribution is 9.11. The predicted molar refractivity (Wildman–Crippen MR) is 83.8 cm³/mol. The Morgan fingerprint density at radius 2 is 2.00 bits per heavy atom. The fourth-order valence-electron chi connectivity index (χ4n) is 2.41. The molecule has 1 atom stereocenters. The molecule has 1 aliphatic rings. The Bertz CT molecular complexity index is 499. The summed E-state index contributed by atoms with van der Waals surface area (Å²) in [6, 6.07) is 5.48. The van der Waals surface area contributed by atoms with Crippen LogP contribution in [0.15, 0.2) is 27.1 Å². The fourth-order valence-corrected chi connectivity index (χ4v) is 3.70. The van der Waals surface area contributed by atoms with Gasteiger partial charge in [0, 0.05) is 27.6 Å². The number of aliphatic hydroxyl groups excluding tert-OH is 1. The minimum atomic E-state index is -0.454. The number of benzene rings is 1. The zero-order valence-corrected chi connectivity index (χ0v) is 14.6. The number of ether oxygens (including phenoxy) is 1. The zero-order chi connectivity index (χ0) is 14.9. The second kappa shape index (κ2) is 6.13. The van der Waals surface area contributed by atoms with Gasteiger partial charge in [0.1, 0.15) is 0 Å². The molecule has 1 saturated heterocycles. The second-order valence-corrected chi connectivity index (χ2v) is 7.36. The Kier molecular flexibility index (Phi) is 4.89. The molecule has 0 radical (unpaired) electrons. The molecule has 1 aliphatic heterocycles. The third kappa shape index (κ3) is 3.81. The summed E-state index contributed by atoms with van der Waals surface area (Å²) in [6.07, 6.45) is -0.335. The van der Waals surface area contributed by atoms with Gasteiger partial charge in [-0.1, -0.05) is 31.9 Å². The average molecular weight is 407 g/mol. The lowest BCUT2D eigenvalue weighted by molar-refractivity contribution is -0.139. The van der Waals surface area contributed by atoms with Crippen LogP contribution in [0.1, 0.15) is 24.2 Å². The van der Waals surface area contributed by atoms with Crippen molar-refractivity contribution < 1.29 is 14.6 Å². The summed E-state index contributed by atoms with van der Waals surface area (Å²) < 4.78 is 7.42. The van der Waals surface area contributed by atoms with E-state index in [4.69, 9.17) is 4.74 Å². The summed E-state index contributed by atoms with van der Waals surface area (Å²) in [5.74, 6) is -0.0539. The molecule has 1 heterocycles. The smallest absolute Gasteiger partial charge is 0.254 e. The molecule has 1 aromatic rings. The third-order valence-corrected chi connectivity index (χ3v) is 4.00. The Hall–Kier alpha value is -0.430. The molecule has 1 N–H and O–H groups in total. The van der Waals surface area contributed by atoms with Gasteiger partial charge >= 0.3 is 0 Å². The van der Waals surface area contributed by atoms with E-state index in [0.29, 0.717) is 18.7 Å². The molecule has 1 aromatic carbocycles. The first-order valence-electron chi connectivity index (χ1n) is 6.35. The SMILES string of the molecule is CC1(C)CN(C(=O)c2cc(Br)cc(Br)c2)CC(CO)O1. The van der Waals surface area contributed by atoms with Crippen molar-refractivity contribution in [3.8, 4) is 0 Å². The maximum atomic E-state index is 12.6. The van der Waals surface area contributed by atoms with Gasteiger partial charge in [-0.25, -0.2) is 0 Å². The van der Waals surface area contributed by atoms with E-state index >= 15 is 0 Å². The Labute approximate surface area is 135 Å². The molecular formula is C14H17Br2NO3. The lowest BCUT2D eigenvalue weighted by Gasteiger charge is -2.42. The highest BCUT2D eigenvalue weighted by Crippen LogP contribution is 2.25. The second-order valence-electron chi connectivity index (χ2n) is 5.53. The van der Waals surface area contributed by atoms with Gasteiger partial charge in [-0.05, 0) is 32.0 Å². The minimum Gasteiger partial charge on any atom is -0.394 e. The Morgan fingerprint density at radius 1 is 1.40 bits per heavy atom.